The van der Waals surface area contributed by atoms with Crippen molar-refractivity contribution >= 4 is 43.7 Å². The monoisotopic (exact) mass is 142 g/mol. The van der Waals surface area contributed by atoms with Crippen molar-refractivity contribution in [3.8, 4) is 0 Å². The predicted octanol–water partition coefficient (Wildman–Crippen LogP) is 0.903. The van der Waals surface area contributed by atoms with Gasteiger partial charge in [0, 0.05) is 6.08 Å². The molecule has 0 aliphatic carbocycles. The van der Waals surface area contributed by atoms with Crippen LogP contribution in [0.5, 0.6) is 0 Å². The van der Waals surface area contributed by atoms with Gasteiger partial charge in [-0.15, -0.1) is 13.2 Å². The number of hydrogen-bond donors (Lipinski definition) is 1. The molecule has 8 heavy (non-hydrogen) atoms. The fourth-order valence-electron chi connectivity index (χ4n) is 0. The Morgan fingerprint density at radius 1 is 1.62 bits per heavy atom. The summed E-state index contributed by atoms with van der Waals surface area (Å²) in [6.45, 7) is 8.96. The van der Waals surface area contributed by atoms with E-state index in [0.717, 1.165) is 6.08 Å². The van der Waals surface area contributed by atoms with E-state index in [4.69, 9.17) is 5.11 Å². The molecule has 0 aromatic heterocycles. The Hall–Kier alpha value is 0.210. The largest absolute Gasteiger partial charge is 2.00 e. The first kappa shape index (κ1) is 15.7. The van der Waals surface area contributed by atoms with Crippen molar-refractivity contribution in [2.75, 3.05) is 0 Å². The Balaban J connectivity index is -0.0000000154. The summed E-state index contributed by atoms with van der Waals surface area (Å²) >= 11 is 0. The summed E-state index contributed by atoms with van der Waals surface area (Å²) in [7, 11) is 0. The molecule has 0 spiro atoms. The molecule has 0 radical (unpaired) electrons. The van der Waals surface area contributed by atoms with Crippen LogP contribution in [0.3, 0.4) is 0 Å². The van der Waals surface area contributed by atoms with E-state index < -0.39 is 5.97 Å². The van der Waals surface area contributed by atoms with Gasteiger partial charge in [0.25, 0.3) is 0 Å². The fourth-order valence-corrected chi connectivity index (χ4v) is 0. The quantitative estimate of drug-likeness (QED) is 0.335. The minimum Gasteiger partial charge on any atom is -1.00 e. The number of carboxylic acids is 1. The number of carbonyl (C=O) groups is 1. The molecule has 3 heteroatoms. The summed E-state index contributed by atoms with van der Waals surface area (Å²) in [5.41, 5.74) is 0. The van der Waals surface area contributed by atoms with Gasteiger partial charge in [0.1, 0.15) is 0 Å². The zero-order valence-electron chi connectivity index (χ0n) is 6.76. The molecule has 0 amide bonds. The molecule has 0 bridgehead atoms. The Bertz CT molecular complexity index is 78.0. The Morgan fingerprint density at radius 3 is 1.75 bits per heavy atom. The van der Waals surface area contributed by atoms with Gasteiger partial charge in [-0.05, 0) is 0 Å². The van der Waals surface area contributed by atoms with E-state index in [9.17, 15) is 4.79 Å². The van der Waals surface area contributed by atoms with Crippen LogP contribution >= 0.6 is 0 Å². The minimum absolute atomic E-state index is 0. The minimum atomic E-state index is -0.981. The van der Waals surface area contributed by atoms with Crippen molar-refractivity contribution in [2.45, 2.75) is 0 Å². The number of aliphatic carboxylic acids is 1. The first-order chi connectivity index (χ1) is 3.27. The number of rotatable bonds is 1. The molecule has 0 atom stereocenters. The zero-order chi connectivity index (χ0) is 6.28. The van der Waals surface area contributed by atoms with E-state index in [1.807, 2.05) is 0 Å². The maximum absolute atomic E-state index is 9.25. The molecule has 0 rings (SSSR count). The molecule has 0 aromatic rings. The van der Waals surface area contributed by atoms with Crippen LogP contribution in [0, 0.1) is 0 Å². The molecule has 0 heterocycles. The van der Waals surface area contributed by atoms with E-state index in [1.165, 1.54) is 0 Å². The molecule has 2 nitrogen and oxygen atoms in total. The first-order valence-corrected chi connectivity index (χ1v) is 1.62. The molecule has 0 aliphatic heterocycles. The third kappa shape index (κ3) is 34.5. The van der Waals surface area contributed by atoms with Crippen LogP contribution in [-0.4, -0.2) is 48.8 Å². The van der Waals surface area contributed by atoms with Crippen molar-refractivity contribution in [3.05, 3.63) is 25.8 Å². The van der Waals surface area contributed by atoms with Gasteiger partial charge in [0.15, 0.2) is 0 Å². The molecule has 0 fully saturated rings. The van der Waals surface area contributed by atoms with E-state index in [1.54, 1.807) is 0 Å². The van der Waals surface area contributed by atoms with Crippen LogP contribution in [0.25, 0.3) is 0 Å². The zero-order valence-corrected chi connectivity index (χ0v) is 6.97. The second kappa shape index (κ2) is 15.7. The molecule has 0 aromatic carbocycles. The van der Waals surface area contributed by atoms with E-state index >= 15 is 0 Å². The third-order valence-corrected chi connectivity index (χ3v) is 0.175. The molecule has 0 aliphatic rings. The molecular formula is C5H10CaO2. The third-order valence-electron chi connectivity index (χ3n) is 0.175. The SMILES string of the molecule is C=C.C=CC(=O)O.[Ca+2].[H-].[H-]. The van der Waals surface area contributed by atoms with E-state index in [0.29, 0.717) is 0 Å². The van der Waals surface area contributed by atoms with Crippen LogP contribution in [0.15, 0.2) is 25.8 Å². The fraction of sp³-hybridized carbons (Fsp3) is 0. The number of hydrogen-bond acceptors (Lipinski definition) is 1. The van der Waals surface area contributed by atoms with Gasteiger partial charge in [-0.25, -0.2) is 4.79 Å². The summed E-state index contributed by atoms with van der Waals surface area (Å²) in [5, 5.41) is 7.60. The van der Waals surface area contributed by atoms with Crippen LogP contribution in [0.2, 0.25) is 0 Å². The molecule has 0 saturated carbocycles. The predicted molar refractivity (Wildman–Crippen MR) is 37.1 cm³/mol. The van der Waals surface area contributed by atoms with Crippen molar-refractivity contribution in [3.63, 3.8) is 0 Å². The van der Waals surface area contributed by atoms with Crippen LogP contribution in [0.1, 0.15) is 2.85 Å². The van der Waals surface area contributed by atoms with Gasteiger partial charge in [-0.2, -0.15) is 0 Å². The van der Waals surface area contributed by atoms with Gasteiger partial charge >= 0.3 is 43.7 Å². The van der Waals surface area contributed by atoms with Crippen molar-refractivity contribution < 1.29 is 12.8 Å². The van der Waals surface area contributed by atoms with Gasteiger partial charge in [0.2, 0.25) is 0 Å². The van der Waals surface area contributed by atoms with Crippen molar-refractivity contribution in [1.29, 1.82) is 0 Å². The Morgan fingerprint density at radius 2 is 1.75 bits per heavy atom. The Kier molecular flexibility index (Phi) is 30.8. The molecule has 1 N–H and O–H groups in total. The maximum atomic E-state index is 9.25. The van der Waals surface area contributed by atoms with Crippen molar-refractivity contribution in [2.24, 2.45) is 0 Å². The molecule has 0 saturated heterocycles. The standard InChI is InChI=1S/C3H4O2.C2H4.Ca.2H/c1-2-3(4)5;1-2;;;/h2H,1H2,(H,4,5);1-2H2;;;/q;;+2;2*-1. The summed E-state index contributed by atoms with van der Waals surface area (Å²) < 4.78 is 0. The van der Waals surface area contributed by atoms with Gasteiger partial charge < -0.3 is 7.96 Å². The maximum Gasteiger partial charge on any atom is 2.00 e. The van der Waals surface area contributed by atoms with Crippen LogP contribution < -0.4 is 0 Å². The van der Waals surface area contributed by atoms with Crippen molar-refractivity contribution in [1.82, 2.24) is 0 Å². The normalized spacial score (nSPS) is 4.50. The second-order valence-electron chi connectivity index (χ2n) is 0.542. The topological polar surface area (TPSA) is 37.3 Å². The summed E-state index contributed by atoms with van der Waals surface area (Å²) in [4.78, 5) is 9.25. The Labute approximate surface area is 81.9 Å². The average molecular weight is 142 g/mol. The van der Waals surface area contributed by atoms with E-state index in [2.05, 4.69) is 19.7 Å². The van der Waals surface area contributed by atoms with Crippen LogP contribution in [-0.2, 0) is 4.79 Å². The number of carboxylic acid groups (broad SMARTS) is 1. The molecule has 0 unspecified atom stereocenters. The first-order valence-electron chi connectivity index (χ1n) is 1.62. The second-order valence-corrected chi connectivity index (χ2v) is 0.542. The van der Waals surface area contributed by atoms with Crippen LogP contribution in [0.4, 0.5) is 0 Å². The average Bonchev–Trinajstić information content (AvgIpc) is 1.73. The van der Waals surface area contributed by atoms with Gasteiger partial charge in [0.05, 0.1) is 0 Å². The summed E-state index contributed by atoms with van der Waals surface area (Å²) in [6.07, 6.45) is 0.833. The molecular weight excluding hydrogens is 132 g/mol. The summed E-state index contributed by atoms with van der Waals surface area (Å²) in [6, 6.07) is 0. The smallest absolute Gasteiger partial charge is 1.00 e. The molecule has 44 valence electrons. The van der Waals surface area contributed by atoms with E-state index in [-0.39, 0.29) is 40.6 Å². The van der Waals surface area contributed by atoms with Gasteiger partial charge in [-0.3, -0.25) is 0 Å². The van der Waals surface area contributed by atoms with Gasteiger partial charge in [-0.1, -0.05) is 6.58 Å². The summed E-state index contributed by atoms with van der Waals surface area (Å²) in [5.74, 6) is -0.981.